The number of amides is 1. The number of carbonyl (C=O) groups excluding carboxylic acids is 1. The molecule has 0 aliphatic rings. The third-order valence-electron chi connectivity index (χ3n) is 3.21. The monoisotopic (exact) mass is 432 g/mol. The van der Waals surface area contributed by atoms with E-state index in [1.807, 2.05) is 31.2 Å². The molecule has 0 aliphatic carbocycles. The Morgan fingerprint density at radius 3 is 2.74 bits per heavy atom. The number of nitrogens with zero attached hydrogens (tertiary/aromatic N) is 1. The maximum atomic E-state index is 11.8. The van der Waals surface area contributed by atoms with Gasteiger partial charge in [0.05, 0.1) is 17.3 Å². The maximum absolute atomic E-state index is 11.8. The number of para-hydroxylation sites is 1. The molecule has 0 aliphatic heterocycles. The van der Waals surface area contributed by atoms with Crippen molar-refractivity contribution in [2.75, 3.05) is 25.1 Å². The van der Waals surface area contributed by atoms with Gasteiger partial charge in [-0.15, -0.1) is 0 Å². The molecule has 1 amide bonds. The summed E-state index contributed by atoms with van der Waals surface area (Å²) in [6.07, 6.45) is 3.16. The van der Waals surface area contributed by atoms with Crippen LogP contribution >= 0.6 is 15.9 Å². The second-order valence-electron chi connectivity index (χ2n) is 5.28. The van der Waals surface area contributed by atoms with Crippen LogP contribution in [0.2, 0.25) is 0 Å². The van der Waals surface area contributed by atoms with Gasteiger partial charge < -0.3 is 19.6 Å². The van der Waals surface area contributed by atoms with Gasteiger partial charge in [0, 0.05) is 11.3 Å². The lowest BCUT2D eigenvalue weighted by atomic mass is 10.2. The van der Waals surface area contributed by atoms with Crippen LogP contribution in [-0.2, 0) is 9.63 Å². The Balaban J connectivity index is 1.95. The third kappa shape index (κ3) is 6.79. The van der Waals surface area contributed by atoms with E-state index in [4.69, 9.17) is 14.3 Å². The molecule has 0 spiro atoms. The highest BCUT2D eigenvalue weighted by atomic mass is 79.9. The minimum absolute atomic E-state index is 0.189. The van der Waals surface area contributed by atoms with E-state index in [2.05, 4.69) is 33.0 Å². The van der Waals surface area contributed by atoms with Gasteiger partial charge in [-0.1, -0.05) is 36.0 Å². The van der Waals surface area contributed by atoms with Gasteiger partial charge in [0.15, 0.2) is 18.1 Å². The van der Waals surface area contributed by atoms with Crippen molar-refractivity contribution in [3.05, 3.63) is 65.2 Å². The van der Waals surface area contributed by atoms with Crippen LogP contribution < -0.4 is 14.8 Å². The summed E-state index contributed by atoms with van der Waals surface area (Å²) >= 11 is 3.46. The molecule has 27 heavy (non-hydrogen) atoms. The Labute approximate surface area is 166 Å². The number of anilines is 1. The molecule has 0 unspecified atom stereocenters. The van der Waals surface area contributed by atoms with Gasteiger partial charge in [-0.3, -0.25) is 4.79 Å². The molecule has 2 rings (SSSR count). The number of rotatable bonds is 10. The van der Waals surface area contributed by atoms with Crippen molar-refractivity contribution in [1.29, 1.82) is 0 Å². The van der Waals surface area contributed by atoms with Crippen LogP contribution in [0.3, 0.4) is 0 Å². The van der Waals surface area contributed by atoms with Crippen LogP contribution in [0.15, 0.2) is 64.7 Å². The zero-order chi connectivity index (χ0) is 19.5. The van der Waals surface area contributed by atoms with Crippen LogP contribution in [-0.4, -0.2) is 31.9 Å². The van der Waals surface area contributed by atoms with Gasteiger partial charge in [-0.25, -0.2) is 0 Å². The van der Waals surface area contributed by atoms with Crippen molar-refractivity contribution in [2.24, 2.45) is 5.16 Å². The van der Waals surface area contributed by atoms with Crippen LogP contribution in [0.4, 0.5) is 5.69 Å². The Morgan fingerprint density at radius 2 is 2.04 bits per heavy atom. The van der Waals surface area contributed by atoms with Gasteiger partial charge in [0.1, 0.15) is 6.61 Å². The van der Waals surface area contributed by atoms with Crippen LogP contribution in [0.25, 0.3) is 0 Å². The van der Waals surface area contributed by atoms with E-state index in [0.29, 0.717) is 30.4 Å². The fraction of sp³-hybridized carbons (Fsp3) is 0.200. The zero-order valence-corrected chi connectivity index (χ0v) is 16.6. The predicted molar refractivity (Wildman–Crippen MR) is 110 cm³/mol. The first-order valence-electron chi connectivity index (χ1n) is 8.34. The van der Waals surface area contributed by atoms with Crippen LogP contribution in [0.1, 0.15) is 12.5 Å². The van der Waals surface area contributed by atoms with E-state index in [1.54, 1.807) is 24.3 Å². The third-order valence-corrected chi connectivity index (χ3v) is 3.80. The number of oxime groups is 1. The van der Waals surface area contributed by atoms with Crippen molar-refractivity contribution in [3.8, 4) is 11.5 Å². The van der Waals surface area contributed by atoms with Crippen molar-refractivity contribution in [1.82, 2.24) is 0 Å². The molecule has 6 nitrogen and oxygen atoms in total. The lowest BCUT2D eigenvalue weighted by Crippen LogP contribution is -2.16. The summed E-state index contributed by atoms with van der Waals surface area (Å²) in [6, 6.07) is 12.7. The summed E-state index contributed by atoms with van der Waals surface area (Å²) in [4.78, 5) is 16.9. The van der Waals surface area contributed by atoms with Crippen molar-refractivity contribution in [2.45, 2.75) is 6.92 Å². The highest BCUT2D eigenvalue weighted by molar-refractivity contribution is 9.10. The number of hydrogen-bond acceptors (Lipinski definition) is 5. The summed E-state index contributed by atoms with van der Waals surface area (Å²) in [5.74, 6) is 0.886. The largest absolute Gasteiger partial charge is 0.490 e. The molecule has 0 fully saturated rings. The minimum Gasteiger partial charge on any atom is -0.490 e. The number of benzene rings is 2. The lowest BCUT2D eigenvalue weighted by molar-refractivity contribution is -0.120. The molecule has 2 aromatic rings. The highest BCUT2D eigenvalue weighted by Crippen LogP contribution is 2.36. The first-order valence-corrected chi connectivity index (χ1v) is 9.13. The summed E-state index contributed by atoms with van der Waals surface area (Å²) in [5, 5.41) is 6.55. The van der Waals surface area contributed by atoms with E-state index in [1.165, 1.54) is 6.21 Å². The Bertz CT molecular complexity index is 794. The maximum Gasteiger partial charge on any atom is 0.265 e. The van der Waals surface area contributed by atoms with E-state index in [0.717, 1.165) is 10.0 Å². The number of ether oxygens (including phenoxy) is 2. The minimum atomic E-state index is -0.289. The van der Waals surface area contributed by atoms with Gasteiger partial charge in [0.25, 0.3) is 5.91 Å². The molecule has 0 saturated carbocycles. The molecule has 7 heteroatoms. The van der Waals surface area contributed by atoms with Crippen LogP contribution in [0.5, 0.6) is 11.5 Å². The summed E-state index contributed by atoms with van der Waals surface area (Å²) in [7, 11) is 0. The van der Waals surface area contributed by atoms with Crippen LogP contribution in [0, 0.1) is 0 Å². The van der Waals surface area contributed by atoms with Gasteiger partial charge in [-0.2, -0.15) is 0 Å². The Morgan fingerprint density at radius 1 is 1.26 bits per heavy atom. The second-order valence-corrected chi connectivity index (χ2v) is 6.14. The Kier molecular flexibility index (Phi) is 8.38. The standard InChI is InChI=1S/C20H21BrN2O4/c1-3-10-26-20-17(21)11-15(12-18(20)25-4-2)13-22-27-14-19(24)23-16-8-6-5-7-9-16/h3,5-9,11-13H,1,4,10,14H2,2H3,(H,23,24)/b22-13+. The van der Waals surface area contributed by atoms with E-state index in [-0.39, 0.29) is 12.5 Å². The number of halogens is 1. The molecule has 0 aromatic heterocycles. The van der Waals surface area contributed by atoms with Gasteiger partial charge in [0.2, 0.25) is 0 Å². The molecule has 0 bridgehead atoms. The summed E-state index contributed by atoms with van der Waals surface area (Å²) in [5.41, 5.74) is 1.44. The molecule has 0 saturated heterocycles. The number of nitrogens with one attached hydrogen (secondary N) is 1. The quantitative estimate of drug-likeness (QED) is 0.343. The fourth-order valence-electron chi connectivity index (χ4n) is 2.12. The second kappa shape index (κ2) is 11.0. The molecular formula is C20H21BrN2O4. The van der Waals surface area contributed by atoms with Gasteiger partial charge >= 0.3 is 0 Å². The average Bonchev–Trinajstić information content (AvgIpc) is 2.66. The smallest absolute Gasteiger partial charge is 0.265 e. The van der Waals surface area contributed by atoms with Gasteiger partial charge in [-0.05, 0) is 47.1 Å². The van der Waals surface area contributed by atoms with Crippen molar-refractivity contribution < 1.29 is 19.1 Å². The topological polar surface area (TPSA) is 69.2 Å². The molecule has 0 atom stereocenters. The predicted octanol–water partition coefficient (Wildman–Crippen LogP) is 4.40. The molecule has 1 N–H and O–H groups in total. The summed E-state index contributed by atoms with van der Waals surface area (Å²) < 4.78 is 12.0. The molecule has 0 heterocycles. The van der Waals surface area contributed by atoms with E-state index >= 15 is 0 Å². The molecule has 0 radical (unpaired) electrons. The van der Waals surface area contributed by atoms with E-state index in [9.17, 15) is 4.79 Å². The lowest BCUT2D eigenvalue weighted by Gasteiger charge is -2.13. The van der Waals surface area contributed by atoms with Crippen molar-refractivity contribution >= 4 is 33.7 Å². The molecule has 142 valence electrons. The average molecular weight is 433 g/mol. The SMILES string of the molecule is C=CCOc1c(Br)cc(/C=N/OCC(=O)Nc2ccccc2)cc1OCC. The normalized spacial score (nSPS) is 10.4. The zero-order valence-electron chi connectivity index (χ0n) is 15.0. The molecule has 2 aromatic carbocycles. The first kappa shape index (κ1) is 20.5. The summed E-state index contributed by atoms with van der Waals surface area (Å²) in [6.45, 7) is 6.20. The van der Waals surface area contributed by atoms with Crippen molar-refractivity contribution in [3.63, 3.8) is 0 Å². The number of carbonyl (C=O) groups is 1. The first-order chi connectivity index (χ1) is 13.1. The number of hydrogen-bond donors (Lipinski definition) is 1. The fourth-order valence-corrected chi connectivity index (χ4v) is 2.69. The Hall–Kier alpha value is -2.80. The van der Waals surface area contributed by atoms with E-state index < -0.39 is 0 Å². The highest BCUT2D eigenvalue weighted by Gasteiger charge is 2.11. The molecular weight excluding hydrogens is 412 g/mol.